The molecule has 1 N–H and O–H groups in total. The second-order valence-electron chi connectivity index (χ2n) is 5.43. The second-order valence-corrected chi connectivity index (χ2v) is 5.43. The van der Waals surface area contributed by atoms with Gasteiger partial charge in [0.05, 0.1) is 6.07 Å². The fourth-order valence-corrected chi connectivity index (χ4v) is 2.87. The van der Waals surface area contributed by atoms with Gasteiger partial charge in [-0.05, 0) is 26.2 Å². The van der Waals surface area contributed by atoms with Crippen molar-refractivity contribution >= 4 is 5.65 Å². The van der Waals surface area contributed by atoms with Gasteiger partial charge in [-0.25, -0.2) is 9.50 Å². The largest absolute Gasteiger partial charge is 0.381 e. The first-order chi connectivity index (χ1) is 10.2. The lowest BCUT2D eigenvalue weighted by molar-refractivity contribution is 0.0844. The van der Waals surface area contributed by atoms with Crippen molar-refractivity contribution in [1.82, 2.24) is 14.6 Å². The van der Waals surface area contributed by atoms with E-state index in [1.165, 1.54) is 4.52 Å². The standard InChI is InChI=1S/C15H18N4O2/c1-10-12(3-2-6-16)15(20)19-14(17-10)9-13(18-19)11-4-7-21-8-5-11/h9,11,18H,2-5,7-8H2,1H3. The SMILES string of the molecule is Cc1nc2cc(C3CCOCC3)[nH]n2c(=O)c1CCC#N. The summed E-state index contributed by atoms with van der Waals surface area (Å²) in [4.78, 5) is 17.0. The van der Waals surface area contributed by atoms with Crippen LogP contribution in [0.15, 0.2) is 10.9 Å². The van der Waals surface area contributed by atoms with E-state index in [2.05, 4.69) is 16.2 Å². The minimum atomic E-state index is -0.0916. The van der Waals surface area contributed by atoms with E-state index in [1.54, 1.807) is 0 Å². The fraction of sp³-hybridized carbons (Fsp3) is 0.533. The Morgan fingerprint density at radius 3 is 3.00 bits per heavy atom. The summed E-state index contributed by atoms with van der Waals surface area (Å²) >= 11 is 0. The van der Waals surface area contributed by atoms with Crippen LogP contribution in [-0.4, -0.2) is 27.8 Å². The molecule has 21 heavy (non-hydrogen) atoms. The molecule has 1 fully saturated rings. The highest BCUT2D eigenvalue weighted by atomic mass is 16.5. The molecule has 0 unspecified atom stereocenters. The van der Waals surface area contributed by atoms with Crippen LogP contribution in [0, 0.1) is 18.3 Å². The molecule has 0 bridgehead atoms. The van der Waals surface area contributed by atoms with Gasteiger partial charge < -0.3 is 4.74 Å². The zero-order chi connectivity index (χ0) is 14.8. The highest BCUT2D eigenvalue weighted by Gasteiger charge is 2.19. The second kappa shape index (κ2) is 5.70. The summed E-state index contributed by atoms with van der Waals surface area (Å²) in [5, 5.41) is 11.9. The summed E-state index contributed by atoms with van der Waals surface area (Å²) in [7, 11) is 0. The van der Waals surface area contributed by atoms with E-state index in [-0.39, 0.29) is 5.56 Å². The summed E-state index contributed by atoms with van der Waals surface area (Å²) in [6.45, 7) is 3.35. The van der Waals surface area contributed by atoms with Crippen LogP contribution in [0.25, 0.3) is 5.65 Å². The monoisotopic (exact) mass is 286 g/mol. The van der Waals surface area contributed by atoms with Gasteiger partial charge in [0.15, 0.2) is 5.65 Å². The molecule has 3 heterocycles. The Bertz CT molecular complexity index is 747. The number of ether oxygens (including phenoxy) is 1. The molecule has 0 aliphatic carbocycles. The van der Waals surface area contributed by atoms with Crippen molar-refractivity contribution in [2.24, 2.45) is 0 Å². The lowest BCUT2D eigenvalue weighted by Crippen LogP contribution is -2.22. The molecule has 1 aliphatic heterocycles. The summed E-state index contributed by atoms with van der Waals surface area (Å²) in [6, 6.07) is 4.03. The van der Waals surface area contributed by atoms with Crippen LogP contribution in [0.2, 0.25) is 0 Å². The van der Waals surface area contributed by atoms with Crippen LogP contribution in [0.1, 0.15) is 42.1 Å². The van der Waals surface area contributed by atoms with E-state index in [0.29, 0.717) is 35.7 Å². The molecule has 1 aliphatic rings. The molecule has 0 spiro atoms. The molecule has 2 aromatic heterocycles. The molecule has 3 rings (SSSR count). The Hall–Kier alpha value is -2.13. The van der Waals surface area contributed by atoms with Gasteiger partial charge in [-0.2, -0.15) is 5.26 Å². The van der Waals surface area contributed by atoms with Crippen molar-refractivity contribution < 1.29 is 4.74 Å². The van der Waals surface area contributed by atoms with Crippen molar-refractivity contribution in [3.05, 3.63) is 33.4 Å². The van der Waals surface area contributed by atoms with E-state index < -0.39 is 0 Å². The number of rotatable bonds is 3. The molecule has 0 radical (unpaired) electrons. The number of hydrogen-bond acceptors (Lipinski definition) is 4. The minimum absolute atomic E-state index is 0.0916. The van der Waals surface area contributed by atoms with Gasteiger partial charge in [-0.15, -0.1) is 0 Å². The van der Waals surface area contributed by atoms with Gasteiger partial charge in [-0.3, -0.25) is 9.89 Å². The number of nitrogens with zero attached hydrogens (tertiary/aromatic N) is 3. The van der Waals surface area contributed by atoms with Crippen molar-refractivity contribution in [1.29, 1.82) is 5.26 Å². The smallest absolute Gasteiger partial charge is 0.276 e. The Morgan fingerprint density at radius 1 is 1.52 bits per heavy atom. The average Bonchev–Trinajstić information content (AvgIpc) is 2.92. The maximum atomic E-state index is 12.5. The van der Waals surface area contributed by atoms with Crippen LogP contribution in [-0.2, 0) is 11.2 Å². The third-order valence-electron chi connectivity index (χ3n) is 4.08. The number of aryl methyl sites for hydroxylation is 1. The topological polar surface area (TPSA) is 83.2 Å². The average molecular weight is 286 g/mol. The molecule has 110 valence electrons. The number of nitrogens with one attached hydrogen (secondary N) is 1. The summed E-state index contributed by atoms with van der Waals surface area (Å²) in [5.74, 6) is 0.391. The molecule has 0 saturated carbocycles. The van der Waals surface area contributed by atoms with Gasteiger partial charge in [0.25, 0.3) is 5.56 Å². The number of hydrogen-bond donors (Lipinski definition) is 1. The molecule has 0 aromatic carbocycles. The van der Waals surface area contributed by atoms with E-state index in [9.17, 15) is 4.79 Å². The number of H-pyrrole nitrogens is 1. The Morgan fingerprint density at radius 2 is 2.29 bits per heavy atom. The molecular formula is C15H18N4O2. The van der Waals surface area contributed by atoms with E-state index >= 15 is 0 Å². The summed E-state index contributed by atoms with van der Waals surface area (Å²) in [5.41, 5.74) is 2.94. The first kappa shape index (κ1) is 13.8. The molecule has 6 nitrogen and oxygen atoms in total. The van der Waals surface area contributed by atoms with Crippen LogP contribution in [0.5, 0.6) is 0 Å². The number of aromatic nitrogens is 3. The third-order valence-corrected chi connectivity index (χ3v) is 4.08. The predicted molar refractivity (Wildman–Crippen MR) is 77.3 cm³/mol. The van der Waals surface area contributed by atoms with Gasteiger partial charge in [0, 0.05) is 48.6 Å². The Labute approximate surface area is 122 Å². The molecule has 1 saturated heterocycles. The summed E-state index contributed by atoms with van der Waals surface area (Å²) < 4.78 is 6.88. The summed E-state index contributed by atoms with van der Waals surface area (Å²) in [6.07, 6.45) is 2.70. The van der Waals surface area contributed by atoms with Crippen molar-refractivity contribution in [2.75, 3.05) is 13.2 Å². The quantitative estimate of drug-likeness (QED) is 0.930. The van der Waals surface area contributed by atoms with Gasteiger partial charge >= 0.3 is 0 Å². The van der Waals surface area contributed by atoms with Crippen LogP contribution in [0.4, 0.5) is 0 Å². The molecule has 6 heteroatoms. The molecule has 0 amide bonds. The van der Waals surface area contributed by atoms with Crippen LogP contribution >= 0.6 is 0 Å². The lowest BCUT2D eigenvalue weighted by Gasteiger charge is -2.20. The highest BCUT2D eigenvalue weighted by Crippen LogP contribution is 2.26. The van der Waals surface area contributed by atoms with Crippen molar-refractivity contribution in [3.8, 4) is 6.07 Å². The zero-order valence-electron chi connectivity index (χ0n) is 12.1. The van der Waals surface area contributed by atoms with Gasteiger partial charge in [0.1, 0.15) is 0 Å². The van der Waals surface area contributed by atoms with Gasteiger partial charge in [0.2, 0.25) is 0 Å². The normalized spacial score (nSPS) is 16.2. The Balaban J connectivity index is 2.03. The number of nitriles is 1. The third kappa shape index (κ3) is 2.57. The van der Waals surface area contributed by atoms with Gasteiger partial charge in [-0.1, -0.05) is 0 Å². The Kier molecular flexibility index (Phi) is 3.76. The van der Waals surface area contributed by atoms with Crippen LogP contribution in [0.3, 0.4) is 0 Å². The van der Waals surface area contributed by atoms with Crippen molar-refractivity contribution in [2.45, 2.75) is 38.5 Å². The van der Waals surface area contributed by atoms with E-state index in [4.69, 9.17) is 10.00 Å². The molecular weight excluding hydrogens is 268 g/mol. The minimum Gasteiger partial charge on any atom is -0.381 e. The zero-order valence-corrected chi connectivity index (χ0v) is 12.1. The van der Waals surface area contributed by atoms with E-state index in [1.807, 2.05) is 13.0 Å². The maximum Gasteiger partial charge on any atom is 0.276 e. The highest BCUT2D eigenvalue weighted by molar-refractivity contribution is 5.42. The fourth-order valence-electron chi connectivity index (χ4n) is 2.87. The van der Waals surface area contributed by atoms with E-state index in [0.717, 1.165) is 31.7 Å². The number of fused-ring (bicyclic) bond motifs is 1. The van der Waals surface area contributed by atoms with Crippen LogP contribution < -0.4 is 5.56 Å². The van der Waals surface area contributed by atoms with Crippen molar-refractivity contribution in [3.63, 3.8) is 0 Å². The number of aromatic amines is 1. The molecule has 2 aromatic rings. The lowest BCUT2D eigenvalue weighted by atomic mass is 9.97. The first-order valence-corrected chi connectivity index (χ1v) is 7.26. The predicted octanol–water partition coefficient (Wildman–Crippen LogP) is 1.68. The maximum absolute atomic E-state index is 12.5. The molecule has 0 atom stereocenters. The first-order valence-electron chi connectivity index (χ1n) is 7.26.